The maximum atomic E-state index is 11.9. The summed E-state index contributed by atoms with van der Waals surface area (Å²) in [6, 6.07) is 16.9. The van der Waals surface area contributed by atoms with E-state index in [0.717, 1.165) is 16.2 Å². The topological polar surface area (TPSA) is 62.1 Å². The number of hydrogen-bond acceptors (Lipinski definition) is 5. The normalized spacial score (nSPS) is 14.3. The maximum absolute atomic E-state index is 11.9. The average Bonchev–Trinajstić information content (AvgIpc) is 2.94. The molecule has 0 unspecified atom stereocenters. The molecule has 1 aliphatic rings. The van der Waals surface area contributed by atoms with Gasteiger partial charge in [0.1, 0.15) is 0 Å². The van der Waals surface area contributed by atoms with Gasteiger partial charge in [-0.15, -0.1) is 0 Å². The van der Waals surface area contributed by atoms with Gasteiger partial charge in [-0.25, -0.2) is 9.79 Å². The zero-order valence-electron chi connectivity index (χ0n) is 12.6. The average molecular weight is 308 g/mol. The number of fused-ring (bicyclic) bond motifs is 1. The third kappa shape index (κ3) is 3.14. The van der Waals surface area contributed by atoms with E-state index in [0.29, 0.717) is 17.8 Å². The smallest absolute Gasteiger partial charge is 0.357 e. The molecule has 3 rings (SSSR count). The van der Waals surface area contributed by atoms with Gasteiger partial charge in [-0.1, -0.05) is 48.5 Å². The van der Waals surface area contributed by atoms with Gasteiger partial charge in [-0.2, -0.15) is 0 Å². The van der Waals surface area contributed by atoms with Gasteiger partial charge in [0.2, 0.25) is 0 Å². The number of para-hydroxylation sites is 1. The van der Waals surface area contributed by atoms with E-state index in [9.17, 15) is 10.0 Å². The molecule has 5 nitrogen and oxygen atoms in total. The molecule has 0 saturated carbocycles. The summed E-state index contributed by atoms with van der Waals surface area (Å²) in [7, 11) is 1.31. The largest absolute Gasteiger partial charge is 0.464 e. The molecule has 5 heteroatoms. The van der Waals surface area contributed by atoms with Crippen LogP contribution in [0.25, 0.3) is 5.57 Å². The standard InChI is InChI=1S/C18H16N2O3/c1-23-18(21)17-15(14-9-5-6-10-16(14)19-17)12-20(22)11-13-7-3-2-4-8-13/h2-10,12,22H,11H2,1H3/b15-12-. The van der Waals surface area contributed by atoms with E-state index in [-0.39, 0.29) is 5.71 Å². The molecule has 0 spiro atoms. The van der Waals surface area contributed by atoms with Gasteiger partial charge in [0, 0.05) is 17.3 Å². The summed E-state index contributed by atoms with van der Waals surface area (Å²) in [6.07, 6.45) is 1.51. The minimum Gasteiger partial charge on any atom is -0.464 e. The number of methoxy groups -OCH3 is 1. The third-order valence-electron chi connectivity index (χ3n) is 3.53. The number of benzene rings is 2. The first-order valence-corrected chi connectivity index (χ1v) is 7.17. The summed E-state index contributed by atoms with van der Waals surface area (Å²) in [5.41, 5.74) is 3.17. The van der Waals surface area contributed by atoms with E-state index in [4.69, 9.17) is 4.74 Å². The first kappa shape index (κ1) is 15.0. The fraction of sp³-hybridized carbons (Fsp3) is 0.111. The van der Waals surface area contributed by atoms with Gasteiger partial charge >= 0.3 is 5.97 Å². The molecule has 0 radical (unpaired) electrons. The van der Waals surface area contributed by atoms with Crippen LogP contribution in [-0.4, -0.2) is 29.1 Å². The Hall–Kier alpha value is -2.92. The van der Waals surface area contributed by atoms with E-state index >= 15 is 0 Å². The van der Waals surface area contributed by atoms with Gasteiger partial charge in [0.25, 0.3) is 0 Å². The lowest BCUT2D eigenvalue weighted by Crippen LogP contribution is -2.18. The van der Waals surface area contributed by atoms with Gasteiger partial charge in [-0.05, 0) is 11.6 Å². The van der Waals surface area contributed by atoms with E-state index < -0.39 is 5.97 Å². The first-order chi connectivity index (χ1) is 11.2. The second-order valence-electron chi connectivity index (χ2n) is 5.10. The summed E-state index contributed by atoms with van der Waals surface area (Å²) < 4.78 is 4.78. The van der Waals surface area contributed by atoms with E-state index in [1.807, 2.05) is 54.6 Å². The number of hydrogen-bond donors (Lipinski definition) is 1. The Morgan fingerprint density at radius 3 is 2.61 bits per heavy atom. The van der Waals surface area contributed by atoms with Crippen molar-refractivity contribution < 1.29 is 14.7 Å². The summed E-state index contributed by atoms with van der Waals surface area (Å²) in [4.78, 5) is 16.2. The highest BCUT2D eigenvalue weighted by Gasteiger charge is 2.27. The molecule has 116 valence electrons. The van der Waals surface area contributed by atoms with E-state index in [1.165, 1.54) is 13.3 Å². The molecule has 1 N–H and O–H groups in total. The Kier molecular flexibility index (Phi) is 4.21. The molecule has 1 aliphatic heterocycles. The SMILES string of the molecule is COC(=O)C1=Nc2ccccc2/C1=C/N(O)Cc1ccccc1. The minimum atomic E-state index is -0.527. The minimum absolute atomic E-state index is 0.195. The number of aliphatic imine (C=N–C) groups is 1. The maximum Gasteiger partial charge on any atom is 0.357 e. The Morgan fingerprint density at radius 1 is 1.17 bits per heavy atom. The summed E-state index contributed by atoms with van der Waals surface area (Å²) >= 11 is 0. The quantitative estimate of drug-likeness (QED) is 0.696. The van der Waals surface area contributed by atoms with Crippen molar-refractivity contribution in [3.05, 3.63) is 71.9 Å². The lowest BCUT2D eigenvalue weighted by Gasteiger charge is -2.14. The van der Waals surface area contributed by atoms with Gasteiger partial charge in [-0.3, -0.25) is 10.3 Å². The van der Waals surface area contributed by atoms with Crippen molar-refractivity contribution in [1.82, 2.24) is 5.06 Å². The molecule has 23 heavy (non-hydrogen) atoms. The Labute approximate surface area is 134 Å². The first-order valence-electron chi connectivity index (χ1n) is 7.17. The van der Waals surface area contributed by atoms with Crippen LogP contribution in [0.5, 0.6) is 0 Å². The molecule has 0 amide bonds. The highest BCUT2D eigenvalue weighted by Crippen LogP contribution is 2.35. The van der Waals surface area contributed by atoms with Crippen molar-refractivity contribution in [2.24, 2.45) is 4.99 Å². The number of carbonyl (C=O) groups is 1. The second-order valence-corrected chi connectivity index (χ2v) is 5.10. The van der Waals surface area contributed by atoms with E-state index in [1.54, 1.807) is 0 Å². The lowest BCUT2D eigenvalue weighted by atomic mass is 10.0. The van der Waals surface area contributed by atoms with E-state index in [2.05, 4.69) is 4.99 Å². The predicted molar refractivity (Wildman–Crippen MR) is 87.3 cm³/mol. The fourth-order valence-electron chi connectivity index (χ4n) is 2.46. The Morgan fingerprint density at radius 2 is 1.87 bits per heavy atom. The van der Waals surface area contributed by atoms with Crippen LogP contribution in [-0.2, 0) is 16.1 Å². The monoisotopic (exact) mass is 308 g/mol. The Balaban J connectivity index is 1.92. The molecule has 0 bridgehead atoms. The van der Waals surface area contributed by atoms with Gasteiger partial charge < -0.3 is 4.74 Å². The van der Waals surface area contributed by atoms with Gasteiger partial charge in [0.15, 0.2) is 5.71 Å². The van der Waals surface area contributed by atoms with Crippen LogP contribution in [0.15, 0.2) is 65.8 Å². The van der Waals surface area contributed by atoms with Crippen LogP contribution in [0, 0.1) is 0 Å². The molecule has 0 aliphatic carbocycles. The third-order valence-corrected chi connectivity index (χ3v) is 3.53. The van der Waals surface area contributed by atoms with Crippen molar-refractivity contribution in [3.63, 3.8) is 0 Å². The highest BCUT2D eigenvalue weighted by molar-refractivity contribution is 6.56. The molecule has 2 aromatic rings. The number of carbonyl (C=O) groups excluding carboxylic acids is 1. The second kappa shape index (κ2) is 6.46. The fourth-order valence-corrected chi connectivity index (χ4v) is 2.46. The van der Waals surface area contributed by atoms with Crippen LogP contribution in [0.1, 0.15) is 11.1 Å². The molecule has 2 aromatic carbocycles. The summed E-state index contributed by atoms with van der Waals surface area (Å²) in [5.74, 6) is -0.527. The molecule has 0 fully saturated rings. The summed E-state index contributed by atoms with van der Waals surface area (Å²) in [5, 5.41) is 11.3. The van der Waals surface area contributed by atoms with Crippen molar-refractivity contribution >= 4 is 22.9 Å². The highest BCUT2D eigenvalue weighted by atomic mass is 16.5. The number of nitrogens with zero attached hydrogens (tertiary/aromatic N) is 2. The molecule has 1 heterocycles. The molecular weight excluding hydrogens is 292 g/mol. The number of esters is 1. The number of ether oxygens (including phenoxy) is 1. The lowest BCUT2D eigenvalue weighted by molar-refractivity contribution is -0.132. The predicted octanol–water partition coefficient (Wildman–Crippen LogP) is 3.18. The van der Waals surface area contributed by atoms with Gasteiger partial charge in [0.05, 0.1) is 19.3 Å². The molecule has 0 saturated heterocycles. The molecular formula is C18H16N2O3. The van der Waals surface area contributed by atoms with Crippen molar-refractivity contribution in [2.75, 3.05) is 7.11 Å². The van der Waals surface area contributed by atoms with Crippen LogP contribution < -0.4 is 0 Å². The van der Waals surface area contributed by atoms with Crippen LogP contribution in [0.3, 0.4) is 0 Å². The van der Waals surface area contributed by atoms with Crippen LogP contribution in [0.4, 0.5) is 5.69 Å². The van der Waals surface area contributed by atoms with Crippen LogP contribution in [0.2, 0.25) is 0 Å². The van der Waals surface area contributed by atoms with Crippen molar-refractivity contribution in [3.8, 4) is 0 Å². The zero-order chi connectivity index (χ0) is 16.2. The van der Waals surface area contributed by atoms with Crippen molar-refractivity contribution in [2.45, 2.75) is 6.54 Å². The number of hydroxylamine groups is 2. The summed E-state index contributed by atoms with van der Waals surface area (Å²) in [6.45, 7) is 0.307. The Bertz CT molecular complexity index is 782. The van der Waals surface area contributed by atoms with Crippen LogP contribution >= 0.6 is 0 Å². The zero-order valence-corrected chi connectivity index (χ0v) is 12.6. The molecule has 0 aromatic heterocycles. The number of rotatable bonds is 4. The van der Waals surface area contributed by atoms with Crippen molar-refractivity contribution in [1.29, 1.82) is 0 Å². The molecule has 0 atom stereocenters.